The molecule has 7 heteroatoms. The largest absolute Gasteiger partial charge is 0.286 e. The van der Waals surface area contributed by atoms with E-state index in [4.69, 9.17) is 4.55 Å². The van der Waals surface area contributed by atoms with E-state index in [-0.39, 0.29) is 12.1 Å². The molecule has 0 atom stereocenters. The van der Waals surface area contributed by atoms with Crippen LogP contribution in [0.1, 0.15) is 5.56 Å². The highest BCUT2D eigenvalue weighted by molar-refractivity contribution is 7.85. The zero-order valence-corrected chi connectivity index (χ0v) is 8.48. The first kappa shape index (κ1) is 11.6. The second-order valence-electron chi connectivity index (χ2n) is 2.96. The van der Waals surface area contributed by atoms with Gasteiger partial charge in [0.1, 0.15) is 0 Å². The molecule has 1 rings (SSSR count). The fourth-order valence-corrected chi connectivity index (χ4v) is 1.57. The molecule has 0 heterocycles. The third-order valence-electron chi connectivity index (χ3n) is 1.77. The van der Waals surface area contributed by atoms with Crippen LogP contribution in [0.4, 0.5) is 5.69 Å². The SMILES string of the molecule is O=[N+]([O-])c1cccc(CCS(=O)(=O)O)c1. The van der Waals surface area contributed by atoms with Crippen molar-refractivity contribution in [3.63, 3.8) is 0 Å². The predicted octanol–water partition coefficient (Wildman–Crippen LogP) is 1.03. The van der Waals surface area contributed by atoms with Crippen LogP contribution in [0.5, 0.6) is 0 Å². The number of nitro benzene ring substituents is 1. The van der Waals surface area contributed by atoms with Gasteiger partial charge in [-0.15, -0.1) is 0 Å². The lowest BCUT2D eigenvalue weighted by atomic mass is 10.1. The highest BCUT2D eigenvalue weighted by Gasteiger charge is 2.08. The van der Waals surface area contributed by atoms with Crippen molar-refractivity contribution in [2.75, 3.05) is 5.75 Å². The molecule has 0 aliphatic rings. The van der Waals surface area contributed by atoms with E-state index in [1.165, 1.54) is 18.2 Å². The quantitative estimate of drug-likeness (QED) is 0.474. The van der Waals surface area contributed by atoms with Gasteiger partial charge in [0, 0.05) is 12.1 Å². The van der Waals surface area contributed by atoms with Gasteiger partial charge in [-0.25, -0.2) is 0 Å². The summed E-state index contributed by atoms with van der Waals surface area (Å²) in [6, 6.07) is 5.64. The lowest BCUT2D eigenvalue weighted by Crippen LogP contribution is -2.06. The summed E-state index contributed by atoms with van der Waals surface area (Å²) in [5.41, 5.74) is 0.407. The lowest BCUT2D eigenvalue weighted by Gasteiger charge is -1.99. The number of non-ortho nitro benzene ring substituents is 1. The Morgan fingerprint density at radius 1 is 1.40 bits per heavy atom. The molecule has 0 radical (unpaired) electrons. The van der Waals surface area contributed by atoms with Crippen molar-refractivity contribution >= 4 is 15.8 Å². The Hall–Kier alpha value is -1.47. The van der Waals surface area contributed by atoms with Gasteiger partial charge in [0.05, 0.1) is 10.7 Å². The van der Waals surface area contributed by atoms with Crippen LogP contribution in [0, 0.1) is 10.1 Å². The molecule has 1 N–H and O–H groups in total. The van der Waals surface area contributed by atoms with Crippen LogP contribution in [0.15, 0.2) is 24.3 Å². The highest BCUT2D eigenvalue weighted by atomic mass is 32.2. The standard InChI is InChI=1S/C8H9NO5S/c10-9(11)8-3-1-2-7(6-8)4-5-15(12,13)14/h1-3,6H,4-5H2,(H,12,13,14). The molecule has 0 saturated heterocycles. The van der Waals surface area contributed by atoms with E-state index in [1.54, 1.807) is 6.07 Å². The Bertz CT molecular complexity index is 468. The van der Waals surface area contributed by atoms with E-state index in [0.29, 0.717) is 5.56 Å². The summed E-state index contributed by atoms with van der Waals surface area (Å²) < 4.78 is 29.4. The van der Waals surface area contributed by atoms with Gasteiger partial charge in [-0.05, 0) is 12.0 Å². The van der Waals surface area contributed by atoms with Gasteiger partial charge in [0.15, 0.2) is 0 Å². The van der Waals surface area contributed by atoms with Gasteiger partial charge in [0.25, 0.3) is 15.8 Å². The second kappa shape index (κ2) is 4.37. The van der Waals surface area contributed by atoms with Crippen molar-refractivity contribution < 1.29 is 17.9 Å². The molecule has 1 aromatic rings. The smallest absolute Gasteiger partial charge is 0.269 e. The summed E-state index contributed by atoms with van der Waals surface area (Å²) in [6.07, 6.45) is 0.0561. The van der Waals surface area contributed by atoms with Gasteiger partial charge < -0.3 is 0 Å². The molecule has 0 aliphatic carbocycles. The molecule has 0 fully saturated rings. The maximum atomic E-state index is 10.4. The number of hydrogen-bond acceptors (Lipinski definition) is 4. The van der Waals surface area contributed by atoms with Crippen molar-refractivity contribution in [3.05, 3.63) is 39.9 Å². The Kier molecular flexibility index (Phi) is 3.38. The highest BCUT2D eigenvalue weighted by Crippen LogP contribution is 2.13. The normalized spacial score (nSPS) is 11.3. The van der Waals surface area contributed by atoms with E-state index in [2.05, 4.69) is 0 Å². The minimum absolute atomic E-state index is 0.0561. The molecule has 82 valence electrons. The van der Waals surface area contributed by atoms with Gasteiger partial charge in [-0.2, -0.15) is 8.42 Å². The van der Waals surface area contributed by atoms with E-state index >= 15 is 0 Å². The van der Waals surface area contributed by atoms with Crippen molar-refractivity contribution in [2.24, 2.45) is 0 Å². The Morgan fingerprint density at radius 3 is 2.60 bits per heavy atom. The van der Waals surface area contributed by atoms with Crippen molar-refractivity contribution in [1.29, 1.82) is 0 Å². The van der Waals surface area contributed by atoms with E-state index in [9.17, 15) is 18.5 Å². The third kappa shape index (κ3) is 4.05. The molecule has 0 saturated carbocycles. The average Bonchev–Trinajstić information content (AvgIpc) is 2.14. The zero-order chi connectivity index (χ0) is 11.5. The van der Waals surface area contributed by atoms with Crippen LogP contribution in [0.2, 0.25) is 0 Å². The summed E-state index contributed by atoms with van der Waals surface area (Å²) in [6.45, 7) is 0. The summed E-state index contributed by atoms with van der Waals surface area (Å²) in [7, 11) is -4.03. The predicted molar refractivity (Wildman–Crippen MR) is 53.2 cm³/mol. The van der Waals surface area contributed by atoms with Gasteiger partial charge in [-0.1, -0.05) is 12.1 Å². The molecule has 0 bridgehead atoms. The van der Waals surface area contributed by atoms with Crippen LogP contribution in [-0.4, -0.2) is 23.6 Å². The summed E-state index contributed by atoms with van der Waals surface area (Å²) in [5.74, 6) is -0.436. The first-order valence-corrected chi connectivity index (χ1v) is 5.68. The minimum atomic E-state index is -4.03. The van der Waals surface area contributed by atoms with Crippen molar-refractivity contribution in [3.8, 4) is 0 Å². The van der Waals surface area contributed by atoms with Gasteiger partial charge >= 0.3 is 0 Å². The molecule has 6 nitrogen and oxygen atoms in total. The molecule has 1 aromatic carbocycles. The summed E-state index contributed by atoms with van der Waals surface area (Å²) >= 11 is 0. The van der Waals surface area contributed by atoms with Crippen LogP contribution in [0.25, 0.3) is 0 Å². The van der Waals surface area contributed by atoms with E-state index in [1.807, 2.05) is 0 Å². The van der Waals surface area contributed by atoms with Gasteiger partial charge in [0.2, 0.25) is 0 Å². The van der Waals surface area contributed by atoms with Crippen molar-refractivity contribution in [1.82, 2.24) is 0 Å². The monoisotopic (exact) mass is 231 g/mol. The van der Waals surface area contributed by atoms with E-state index < -0.39 is 20.8 Å². The number of nitro groups is 1. The average molecular weight is 231 g/mol. The number of benzene rings is 1. The summed E-state index contributed by atoms with van der Waals surface area (Å²) in [5, 5.41) is 10.4. The van der Waals surface area contributed by atoms with Crippen molar-refractivity contribution in [2.45, 2.75) is 6.42 Å². The molecule has 0 amide bonds. The maximum Gasteiger partial charge on any atom is 0.269 e. The number of aryl methyl sites for hydroxylation is 1. The molecule has 0 unspecified atom stereocenters. The minimum Gasteiger partial charge on any atom is -0.286 e. The van der Waals surface area contributed by atoms with Crippen LogP contribution < -0.4 is 0 Å². The topological polar surface area (TPSA) is 97.5 Å². The first-order chi connectivity index (χ1) is 6.88. The Morgan fingerprint density at radius 2 is 2.07 bits per heavy atom. The number of nitrogens with zero attached hydrogens (tertiary/aromatic N) is 1. The third-order valence-corrected chi connectivity index (χ3v) is 2.49. The van der Waals surface area contributed by atoms with Crippen LogP contribution >= 0.6 is 0 Å². The fraction of sp³-hybridized carbons (Fsp3) is 0.250. The molecule has 0 aromatic heterocycles. The second-order valence-corrected chi connectivity index (χ2v) is 4.54. The summed E-state index contributed by atoms with van der Waals surface area (Å²) in [4.78, 5) is 9.83. The maximum absolute atomic E-state index is 10.4. The lowest BCUT2D eigenvalue weighted by molar-refractivity contribution is -0.384. The molecule has 15 heavy (non-hydrogen) atoms. The Labute approximate surface area is 86.4 Å². The molecule has 0 aliphatic heterocycles. The Balaban J connectivity index is 2.79. The van der Waals surface area contributed by atoms with Crippen LogP contribution in [-0.2, 0) is 16.5 Å². The fourth-order valence-electron chi connectivity index (χ4n) is 1.07. The molecular weight excluding hydrogens is 222 g/mol. The van der Waals surface area contributed by atoms with Crippen LogP contribution in [0.3, 0.4) is 0 Å². The molecular formula is C8H9NO5S. The number of hydrogen-bond donors (Lipinski definition) is 1. The first-order valence-electron chi connectivity index (χ1n) is 4.07. The zero-order valence-electron chi connectivity index (χ0n) is 7.66. The molecule has 0 spiro atoms. The van der Waals surface area contributed by atoms with E-state index in [0.717, 1.165) is 0 Å². The van der Waals surface area contributed by atoms with Gasteiger partial charge in [-0.3, -0.25) is 14.7 Å². The number of rotatable bonds is 4.